The van der Waals surface area contributed by atoms with Gasteiger partial charge in [0.1, 0.15) is 6.61 Å². The number of ether oxygens (including phenoxy) is 1. The Hall–Kier alpha value is -2.03. The van der Waals surface area contributed by atoms with Crippen LogP contribution in [0.1, 0.15) is 41.7 Å². The third-order valence-electron chi connectivity index (χ3n) is 4.56. The minimum absolute atomic E-state index is 0.292. The molecule has 2 radical (unpaired) electrons. The van der Waals surface area contributed by atoms with Crippen LogP contribution in [-0.2, 0) is 41.8 Å². The van der Waals surface area contributed by atoms with Gasteiger partial charge in [-0.1, -0.05) is 56.3 Å². The Morgan fingerprint density at radius 3 is 2.12 bits per heavy atom. The first-order valence-electron chi connectivity index (χ1n) is 8.56. The third kappa shape index (κ3) is 4.08. The smallest absolute Gasteiger partial charge is 0.302 e. The van der Waals surface area contributed by atoms with Crippen molar-refractivity contribution in [2.75, 3.05) is 0 Å². The van der Waals surface area contributed by atoms with E-state index < -0.39 is 5.31 Å². The lowest BCUT2D eigenvalue weighted by Gasteiger charge is -2.19. The zero-order valence-electron chi connectivity index (χ0n) is 14.5. The van der Waals surface area contributed by atoms with Crippen LogP contribution in [0.15, 0.2) is 42.5 Å². The van der Waals surface area contributed by atoms with E-state index in [4.69, 9.17) is 12.6 Å². The molecule has 4 aliphatic carbocycles. The fourth-order valence-corrected chi connectivity index (χ4v) is 2.98. The first kappa shape index (κ1) is 16.8. The summed E-state index contributed by atoms with van der Waals surface area (Å²) in [6, 6.07) is 15.5. The van der Waals surface area contributed by atoms with Gasteiger partial charge in [0.15, 0.2) is 0 Å². The molecule has 0 saturated heterocycles. The molecule has 0 heterocycles. The van der Waals surface area contributed by atoms with Crippen LogP contribution in [-0.4, -0.2) is 13.8 Å². The average Bonchev–Trinajstić information content (AvgIpc) is 2.54. The molecule has 0 aliphatic heterocycles. The number of benzene rings is 2. The summed E-state index contributed by atoms with van der Waals surface area (Å²) in [5.41, 5.74) is 6.32. The van der Waals surface area contributed by atoms with Crippen LogP contribution in [0.25, 0.3) is 0 Å². The van der Waals surface area contributed by atoms with E-state index in [0.717, 1.165) is 31.2 Å². The molecule has 0 aromatic heterocycles. The maximum atomic E-state index is 12.0. The third-order valence-corrected chi connectivity index (χ3v) is 4.56. The van der Waals surface area contributed by atoms with Crippen molar-refractivity contribution in [2.24, 2.45) is 0 Å². The van der Waals surface area contributed by atoms with Crippen molar-refractivity contribution < 1.29 is 9.53 Å². The van der Waals surface area contributed by atoms with Crippen molar-refractivity contribution in [1.82, 2.24) is 0 Å². The molecule has 24 heavy (non-hydrogen) atoms. The minimum atomic E-state index is -0.958. The monoisotopic (exact) mass is 318 g/mol. The summed E-state index contributed by atoms with van der Waals surface area (Å²) >= 11 is 0. The van der Waals surface area contributed by atoms with Gasteiger partial charge in [-0.25, -0.2) is 0 Å². The number of carbonyl (C=O) groups excluding carboxylic acids is 1. The SMILES string of the molecule is [B]C(C)(C)C(=O)OCc1cc2ccc1CCc1ccc(cc1)CC2. The molecule has 0 N–H and O–H groups in total. The van der Waals surface area contributed by atoms with Gasteiger partial charge in [0, 0.05) is 5.31 Å². The van der Waals surface area contributed by atoms with Crippen molar-refractivity contribution in [3.8, 4) is 0 Å². The number of carbonyl (C=O) groups is 1. The molecule has 122 valence electrons. The highest BCUT2D eigenvalue weighted by molar-refractivity contribution is 6.26. The second-order valence-corrected chi connectivity index (χ2v) is 7.22. The van der Waals surface area contributed by atoms with Crippen LogP contribution in [0.2, 0.25) is 5.31 Å². The lowest BCUT2D eigenvalue weighted by Crippen LogP contribution is -2.20. The Labute approximate surface area is 145 Å². The second-order valence-electron chi connectivity index (χ2n) is 7.22. The fourth-order valence-electron chi connectivity index (χ4n) is 2.98. The Morgan fingerprint density at radius 2 is 1.50 bits per heavy atom. The average molecular weight is 318 g/mol. The maximum Gasteiger partial charge on any atom is 0.302 e. The van der Waals surface area contributed by atoms with Crippen molar-refractivity contribution >= 4 is 13.8 Å². The number of hydrogen-bond acceptors (Lipinski definition) is 2. The molecule has 2 aromatic carbocycles. The minimum Gasteiger partial charge on any atom is -0.461 e. The second kappa shape index (κ2) is 6.84. The Balaban J connectivity index is 1.82. The molecule has 0 fully saturated rings. The number of rotatable bonds is 3. The van der Waals surface area contributed by atoms with Crippen molar-refractivity contribution in [2.45, 2.75) is 51.5 Å². The van der Waals surface area contributed by atoms with Crippen LogP contribution in [0.4, 0.5) is 0 Å². The summed E-state index contributed by atoms with van der Waals surface area (Å²) in [5, 5.41) is -0.958. The van der Waals surface area contributed by atoms with Gasteiger partial charge in [0.2, 0.25) is 0 Å². The molecular formula is C21H23BO2. The molecule has 0 spiro atoms. The highest BCUT2D eigenvalue weighted by Crippen LogP contribution is 2.23. The molecule has 4 bridgehead atoms. The van der Waals surface area contributed by atoms with Gasteiger partial charge in [0.05, 0.1) is 7.85 Å². The molecule has 0 amide bonds. The summed E-state index contributed by atoms with van der Waals surface area (Å²) < 4.78 is 5.44. The van der Waals surface area contributed by atoms with E-state index in [1.165, 1.54) is 22.3 Å². The lowest BCUT2D eigenvalue weighted by molar-refractivity contribution is -0.147. The van der Waals surface area contributed by atoms with Gasteiger partial charge in [-0.3, -0.25) is 4.79 Å². The van der Waals surface area contributed by atoms with Gasteiger partial charge in [-0.05, 0) is 53.5 Å². The Kier molecular flexibility index (Phi) is 4.79. The van der Waals surface area contributed by atoms with Crippen molar-refractivity contribution in [1.29, 1.82) is 0 Å². The number of esters is 1. The van der Waals surface area contributed by atoms with Crippen LogP contribution in [0.3, 0.4) is 0 Å². The zero-order chi connectivity index (χ0) is 17.2. The molecule has 2 nitrogen and oxygen atoms in total. The highest BCUT2D eigenvalue weighted by atomic mass is 16.5. The van der Waals surface area contributed by atoms with Gasteiger partial charge in [-0.2, -0.15) is 0 Å². The van der Waals surface area contributed by atoms with Crippen molar-refractivity contribution in [3.63, 3.8) is 0 Å². The van der Waals surface area contributed by atoms with E-state index in [0.29, 0.717) is 6.61 Å². The Morgan fingerprint density at radius 1 is 0.958 bits per heavy atom. The van der Waals surface area contributed by atoms with E-state index >= 15 is 0 Å². The molecule has 0 unspecified atom stereocenters. The zero-order valence-corrected chi connectivity index (χ0v) is 14.5. The van der Waals surface area contributed by atoms with Crippen LogP contribution in [0, 0.1) is 0 Å². The molecule has 4 aliphatic rings. The number of hydrogen-bond donors (Lipinski definition) is 0. The first-order valence-corrected chi connectivity index (χ1v) is 8.56. The summed E-state index contributed by atoms with van der Waals surface area (Å²) in [6.45, 7) is 3.63. The molecule has 6 rings (SSSR count). The van der Waals surface area contributed by atoms with Gasteiger partial charge in [-0.15, -0.1) is 0 Å². The summed E-state index contributed by atoms with van der Waals surface area (Å²) in [4.78, 5) is 12.0. The normalized spacial score (nSPS) is 14.1. The van der Waals surface area contributed by atoms with E-state index in [-0.39, 0.29) is 5.97 Å². The molecule has 3 heteroatoms. The van der Waals surface area contributed by atoms with E-state index in [1.54, 1.807) is 13.8 Å². The standard InChI is InChI=1S/C21H23BO2/c1-21(2,22)20(23)24-14-19-13-17-8-7-15-3-5-16(6-4-15)9-11-18(19)12-10-17/h3-6,10,12-13H,7-9,11,14H2,1-2H3. The molecule has 2 aromatic rings. The van der Waals surface area contributed by atoms with Crippen LogP contribution in [0.5, 0.6) is 0 Å². The van der Waals surface area contributed by atoms with E-state index in [1.807, 2.05) is 0 Å². The summed E-state index contributed by atoms with van der Waals surface area (Å²) in [6.07, 6.45) is 3.94. The van der Waals surface area contributed by atoms with E-state index in [9.17, 15) is 4.79 Å². The highest BCUT2D eigenvalue weighted by Gasteiger charge is 2.22. The predicted molar refractivity (Wildman–Crippen MR) is 97.3 cm³/mol. The Bertz CT molecular complexity index is 726. The molecule has 0 saturated carbocycles. The number of aryl methyl sites for hydroxylation is 4. The topological polar surface area (TPSA) is 26.3 Å². The fraction of sp³-hybridized carbons (Fsp3) is 0.381. The predicted octanol–water partition coefficient (Wildman–Crippen LogP) is 3.98. The summed E-state index contributed by atoms with van der Waals surface area (Å²) in [5.74, 6) is -0.366. The summed E-state index contributed by atoms with van der Waals surface area (Å²) in [7, 11) is 5.81. The maximum absolute atomic E-state index is 12.0. The molecule has 0 atom stereocenters. The molecular weight excluding hydrogens is 295 g/mol. The van der Waals surface area contributed by atoms with Crippen LogP contribution >= 0.6 is 0 Å². The largest absolute Gasteiger partial charge is 0.461 e. The van der Waals surface area contributed by atoms with Gasteiger partial charge in [0.25, 0.3) is 0 Å². The lowest BCUT2D eigenvalue weighted by atomic mass is 9.73. The first-order chi connectivity index (χ1) is 11.4. The van der Waals surface area contributed by atoms with E-state index in [2.05, 4.69) is 42.5 Å². The van der Waals surface area contributed by atoms with Crippen LogP contribution < -0.4 is 0 Å². The van der Waals surface area contributed by atoms with Gasteiger partial charge >= 0.3 is 5.97 Å². The quantitative estimate of drug-likeness (QED) is 0.632. The van der Waals surface area contributed by atoms with Crippen molar-refractivity contribution in [3.05, 3.63) is 70.3 Å². The van der Waals surface area contributed by atoms with Gasteiger partial charge < -0.3 is 4.74 Å².